The average Bonchev–Trinajstić information content (AvgIpc) is 1.60. The van der Waals surface area contributed by atoms with Gasteiger partial charge in [-0.05, 0) is 111 Å². The number of methoxy groups -OCH3 is 2. The summed E-state index contributed by atoms with van der Waals surface area (Å²) in [6, 6.07) is 12.7. The highest BCUT2D eigenvalue weighted by Gasteiger charge is 2.49. The standard InChI is InChI=1S/C76H99N5O29/c1-43-30-54-71(91)80(75(94)106-40-46-11-14-59(109-61-16-13-57(83)65(85)67(61)87)50(33-46)56(82)10-9-17-98-20-21-99-22-23-100-24-25-101-26-27-102-28-29-108-77)52-36-62(45(3)32-48(52)69(89)78(54)38-43)103-18-7-6-8-19-104-64-37-53-49(35-63(64)96-4)70(90)79-39-44(2)31-55(79)72(92)81(53)76(95)107-41-47-12-15-60(51(34-47)73(93)97-5)110-74-68(88)66(86)58(84)42-105-74/h11-12,14-15,32-37,54-55,57-58,61,65-68,71-72,74,83-88,91-92H,1-2,6-10,13,16-31,38-42,77H2,3-5H3/t54-,55-,57+,58+,61+,65-,66-,67-,68+,71?,72?,74-/m0/s1. The summed E-state index contributed by atoms with van der Waals surface area (Å²) in [5.74, 6) is 3.24. The number of Topliss-reactive ketones (excluding diaryl/α,β-unsaturated/α-hetero) is 1. The minimum Gasteiger partial charge on any atom is -0.493 e. The summed E-state index contributed by atoms with van der Waals surface area (Å²) in [6.07, 6.45) is -14.3. The van der Waals surface area contributed by atoms with Gasteiger partial charge in [0.15, 0.2) is 29.7 Å². The third-order valence-electron chi connectivity index (χ3n) is 19.5. The number of fused-ring (bicyclic) bond motifs is 4. The summed E-state index contributed by atoms with van der Waals surface area (Å²) >= 11 is 0. The van der Waals surface area contributed by atoms with Crippen LogP contribution >= 0.6 is 0 Å². The van der Waals surface area contributed by atoms with Crippen molar-refractivity contribution in [1.29, 1.82) is 0 Å². The molecule has 12 atom stereocenters. The van der Waals surface area contributed by atoms with Gasteiger partial charge in [-0.25, -0.2) is 30.1 Å². The molecule has 4 fully saturated rings. The Kier molecular flexibility index (Phi) is 30.5. The molecule has 34 heteroatoms. The van der Waals surface area contributed by atoms with E-state index < -0.39 is 117 Å². The van der Waals surface area contributed by atoms with E-state index in [0.717, 1.165) is 16.9 Å². The highest BCUT2D eigenvalue weighted by atomic mass is 16.7. The summed E-state index contributed by atoms with van der Waals surface area (Å²) in [5, 5.41) is 86.4. The van der Waals surface area contributed by atoms with Gasteiger partial charge in [-0.2, -0.15) is 0 Å². The SMILES string of the molecule is C=C1C[C@H]2C(O)N(C(=O)OCc3ccc(O[C@@H]4CC[C@@H](O)[C@H](O)[C@H]4O)c(C(=O)CCCOCCOCCOCCOCCOCCON)c3)c3cc(OCCCCCOc4cc5c(cc4OC)C(=O)N4CC(=C)C[C@H]4C(O)N5C(=O)OCc4ccc(O[C@@H]5OC[C@@H](O)[C@H](O)[C@H]5O)c(C(=O)OC)c4)c(C)cc3C(=O)N2C1. The minimum absolute atomic E-state index is 0.00505. The van der Waals surface area contributed by atoms with Gasteiger partial charge in [0.25, 0.3) is 11.8 Å². The maximum absolute atomic E-state index is 14.6. The summed E-state index contributed by atoms with van der Waals surface area (Å²) in [5.41, 5.74) is 2.38. The Balaban J connectivity index is 0.760. The molecule has 1 saturated carbocycles. The lowest BCUT2D eigenvalue weighted by molar-refractivity contribution is -0.242. The number of carbonyl (C=O) groups is 6. The Morgan fingerprint density at radius 2 is 1.03 bits per heavy atom. The van der Waals surface area contributed by atoms with E-state index in [-0.39, 0.29) is 153 Å². The lowest BCUT2D eigenvalue weighted by Gasteiger charge is -2.35. The number of unbranched alkanes of at least 4 members (excludes halogenated alkanes) is 2. The molecule has 4 aromatic rings. The van der Waals surface area contributed by atoms with E-state index in [2.05, 4.69) is 18.0 Å². The first-order chi connectivity index (χ1) is 53.0. The number of amides is 4. The number of aliphatic hydroxyl groups excluding tert-OH is 8. The summed E-state index contributed by atoms with van der Waals surface area (Å²) < 4.78 is 79.8. The maximum Gasteiger partial charge on any atom is 0.416 e. The van der Waals surface area contributed by atoms with Crippen LogP contribution in [0.25, 0.3) is 0 Å². The molecule has 110 heavy (non-hydrogen) atoms. The van der Waals surface area contributed by atoms with Crippen molar-refractivity contribution in [3.8, 4) is 28.7 Å². The largest absolute Gasteiger partial charge is 0.493 e. The van der Waals surface area contributed by atoms with E-state index in [1.54, 1.807) is 19.1 Å². The quantitative estimate of drug-likeness (QED) is 0.00776. The van der Waals surface area contributed by atoms with Gasteiger partial charge in [-0.1, -0.05) is 36.4 Å². The van der Waals surface area contributed by atoms with E-state index in [4.69, 9.17) is 72.2 Å². The minimum atomic E-state index is -1.68. The van der Waals surface area contributed by atoms with Gasteiger partial charge in [0.2, 0.25) is 6.29 Å². The summed E-state index contributed by atoms with van der Waals surface area (Å²) in [4.78, 5) is 94.2. The lowest BCUT2D eigenvalue weighted by Crippen LogP contribution is -2.54. The molecule has 3 saturated heterocycles. The van der Waals surface area contributed by atoms with Gasteiger partial charge in [-0.3, -0.25) is 14.4 Å². The van der Waals surface area contributed by atoms with Crippen LogP contribution in [0, 0.1) is 6.92 Å². The molecule has 1 aliphatic carbocycles. The first-order valence-corrected chi connectivity index (χ1v) is 36.5. The van der Waals surface area contributed by atoms with Crippen LogP contribution in [-0.4, -0.2) is 280 Å². The Bertz CT molecular complexity index is 3860. The smallest absolute Gasteiger partial charge is 0.416 e. The predicted octanol–water partition coefficient (Wildman–Crippen LogP) is 3.29. The molecule has 10 N–H and O–H groups in total. The van der Waals surface area contributed by atoms with Gasteiger partial charge in [0.1, 0.15) is 72.6 Å². The van der Waals surface area contributed by atoms with Gasteiger partial charge >= 0.3 is 18.2 Å². The summed E-state index contributed by atoms with van der Waals surface area (Å²) in [6.45, 7) is 12.7. The van der Waals surface area contributed by atoms with Crippen molar-refractivity contribution < 1.29 is 141 Å². The number of hydrogen-bond acceptors (Lipinski definition) is 30. The Labute approximate surface area is 635 Å². The number of benzene rings is 4. The second-order valence-electron chi connectivity index (χ2n) is 27.3. The first-order valence-electron chi connectivity index (χ1n) is 36.5. The average molecular weight is 1550 g/mol. The molecule has 0 spiro atoms. The molecule has 4 aromatic carbocycles. The molecule has 5 heterocycles. The van der Waals surface area contributed by atoms with Crippen LogP contribution in [0.1, 0.15) is 116 Å². The number of nitrogens with two attached hydrogens (primary N) is 1. The number of esters is 1. The van der Waals surface area contributed by atoms with Crippen molar-refractivity contribution in [3.63, 3.8) is 0 Å². The zero-order valence-electron chi connectivity index (χ0n) is 61.7. The van der Waals surface area contributed by atoms with Crippen LogP contribution in [0.4, 0.5) is 21.0 Å². The van der Waals surface area contributed by atoms with E-state index in [9.17, 15) is 69.6 Å². The molecule has 0 bridgehead atoms. The molecule has 10 rings (SSSR count). The number of nitrogens with zero attached hydrogens (tertiary/aromatic N) is 4. The van der Waals surface area contributed by atoms with E-state index in [1.807, 2.05) is 0 Å². The molecular weight excluding hydrogens is 1450 g/mol. The third kappa shape index (κ3) is 20.7. The van der Waals surface area contributed by atoms with E-state index in [1.165, 1.54) is 65.4 Å². The van der Waals surface area contributed by atoms with Crippen LogP contribution in [0.2, 0.25) is 0 Å². The first kappa shape index (κ1) is 83.8. The number of aliphatic hydroxyl groups is 8. The number of carbonyl (C=O) groups excluding carboxylic acids is 6. The van der Waals surface area contributed by atoms with Crippen molar-refractivity contribution >= 4 is 47.1 Å². The Hall–Kier alpha value is -8.66. The van der Waals surface area contributed by atoms with Crippen molar-refractivity contribution in [3.05, 3.63) is 124 Å². The molecule has 0 radical (unpaired) electrons. The highest BCUT2D eigenvalue weighted by molar-refractivity contribution is 6.07. The number of hydrogen-bond donors (Lipinski definition) is 9. The number of rotatable bonds is 38. The molecule has 5 aliphatic heterocycles. The van der Waals surface area contributed by atoms with Crippen LogP contribution in [0.5, 0.6) is 28.7 Å². The van der Waals surface area contributed by atoms with Crippen molar-refractivity contribution in [1.82, 2.24) is 9.80 Å². The van der Waals surface area contributed by atoms with Crippen LogP contribution in [0.15, 0.2) is 85.0 Å². The van der Waals surface area contributed by atoms with Crippen LogP contribution < -0.4 is 39.4 Å². The van der Waals surface area contributed by atoms with Crippen molar-refractivity contribution in [2.24, 2.45) is 5.90 Å². The lowest BCUT2D eigenvalue weighted by atomic mass is 9.89. The van der Waals surface area contributed by atoms with Crippen molar-refractivity contribution in [2.75, 3.05) is 130 Å². The molecule has 34 nitrogen and oxygen atoms in total. The summed E-state index contributed by atoms with van der Waals surface area (Å²) in [7, 11) is 2.50. The number of ether oxygens (including phenoxy) is 14. The van der Waals surface area contributed by atoms with Gasteiger partial charge in [-0.15, -0.1) is 0 Å². The zero-order valence-corrected chi connectivity index (χ0v) is 61.7. The Morgan fingerprint density at radius 1 is 0.527 bits per heavy atom. The van der Waals surface area contributed by atoms with Crippen LogP contribution in [-0.2, 0) is 60.7 Å². The van der Waals surface area contributed by atoms with E-state index >= 15 is 0 Å². The third-order valence-corrected chi connectivity index (χ3v) is 19.5. The topological polar surface area (TPSA) is 442 Å². The normalized spacial score (nSPS) is 23.7. The molecule has 602 valence electrons. The van der Waals surface area contributed by atoms with Crippen LogP contribution in [0.3, 0.4) is 0 Å². The number of aryl methyl sites for hydroxylation is 1. The molecule has 4 amide bonds. The van der Waals surface area contributed by atoms with Gasteiger partial charge < -0.3 is 122 Å². The molecule has 0 aromatic heterocycles. The predicted molar refractivity (Wildman–Crippen MR) is 386 cm³/mol. The van der Waals surface area contributed by atoms with E-state index in [0.29, 0.717) is 107 Å². The fourth-order valence-corrected chi connectivity index (χ4v) is 13.6. The van der Waals surface area contributed by atoms with Gasteiger partial charge in [0.05, 0.1) is 146 Å². The Morgan fingerprint density at radius 3 is 1.57 bits per heavy atom. The fraction of sp³-hybridized carbons (Fsp3) is 0.553. The molecular formula is C76H99N5O29. The zero-order chi connectivity index (χ0) is 78.7. The number of anilines is 2. The van der Waals surface area contributed by atoms with Crippen molar-refractivity contribution in [2.45, 2.75) is 151 Å². The maximum atomic E-state index is 14.6. The number of ketones is 1. The molecule has 6 aliphatic rings. The fourth-order valence-electron chi connectivity index (χ4n) is 13.6. The van der Waals surface area contributed by atoms with Gasteiger partial charge in [0, 0.05) is 38.2 Å². The monoisotopic (exact) mass is 1550 g/mol. The highest BCUT2D eigenvalue weighted by Crippen LogP contribution is 2.44. The second kappa shape index (κ2) is 40.0. The second-order valence-corrected chi connectivity index (χ2v) is 27.3. The molecule has 2 unspecified atom stereocenters.